The third-order valence-electron chi connectivity index (χ3n) is 0.769. The molecule has 0 unspecified atom stereocenters. The summed E-state index contributed by atoms with van der Waals surface area (Å²) in [6.45, 7) is 4.18. The SMILES string of the molecule is C=CCN(C=N)NC. The minimum absolute atomic E-state index is 0.667. The highest BCUT2D eigenvalue weighted by Crippen LogP contribution is 1.71. The van der Waals surface area contributed by atoms with Crippen LogP contribution in [0.1, 0.15) is 0 Å². The van der Waals surface area contributed by atoms with Crippen LogP contribution in [0.4, 0.5) is 0 Å². The van der Waals surface area contributed by atoms with Gasteiger partial charge in [-0.2, -0.15) is 0 Å². The van der Waals surface area contributed by atoms with Crippen LogP contribution in [0.5, 0.6) is 0 Å². The molecule has 46 valence electrons. The van der Waals surface area contributed by atoms with Crippen molar-refractivity contribution in [2.45, 2.75) is 0 Å². The standard InChI is InChI=1S/C5H11N3/c1-3-4-8(5-6)7-2/h3,5-7H,1,4H2,2H3. The summed E-state index contributed by atoms with van der Waals surface area (Å²) in [7, 11) is 1.76. The maximum atomic E-state index is 6.75. The van der Waals surface area contributed by atoms with Crippen LogP contribution in [0.15, 0.2) is 12.7 Å². The quantitative estimate of drug-likeness (QED) is 0.237. The van der Waals surface area contributed by atoms with Gasteiger partial charge in [-0.25, -0.2) is 5.43 Å². The minimum atomic E-state index is 0.667. The number of hydrogen-bond acceptors (Lipinski definition) is 2. The normalized spacial score (nSPS) is 8.12. The van der Waals surface area contributed by atoms with E-state index in [1.54, 1.807) is 18.1 Å². The second-order valence-electron chi connectivity index (χ2n) is 1.29. The third kappa shape index (κ3) is 2.36. The van der Waals surface area contributed by atoms with Crippen molar-refractivity contribution in [2.24, 2.45) is 0 Å². The number of nitrogens with zero attached hydrogens (tertiary/aromatic N) is 1. The molecule has 0 amide bonds. The highest BCUT2D eigenvalue weighted by atomic mass is 15.5. The van der Waals surface area contributed by atoms with Crippen LogP contribution in [0.25, 0.3) is 0 Å². The fourth-order valence-corrected chi connectivity index (χ4v) is 0.348. The molecule has 0 fully saturated rings. The van der Waals surface area contributed by atoms with E-state index in [4.69, 9.17) is 5.41 Å². The Hall–Kier alpha value is -0.830. The van der Waals surface area contributed by atoms with E-state index in [1.807, 2.05) is 0 Å². The Kier molecular flexibility index (Phi) is 3.88. The molecule has 0 rings (SSSR count). The maximum Gasteiger partial charge on any atom is 0.0963 e. The van der Waals surface area contributed by atoms with Gasteiger partial charge >= 0.3 is 0 Å². The summed E-state index contributed by atoms with van der Waals surface area (Å²) in [6, 6.07) is 0. The van der Waals surface area contributed by atoms with Crippen LogP contribution < -0.4 is 5.43 Å². The van der Waals surface area contributed by atoms with Crippen molar-refractivity contribution in [3.05, 3.63) is 12.7 Å². The monoisotopic (exact) mass is 113 g/mol. The van der Waals surface area contributed by atoms with Gasteiger partial charge in [0.25, 0.3) is 0 Å². The van der Waals surface area contributed by atoms with Crippen molar-refractivity contribution in [3.8, 4) is 0 Å². The number of hydrazine groups is 1. The van der Waals surface area contributed by atoms with Gasteiger partial charge in [-0.15, -0.1) is 6.58 Å². The lowest BCUT2D eigenvalue weighted by molar-refractivity contribution is 0.383. The third-order valence-corrected chi connectivity index (χ3v) is 0.769. The molecule has 3 nitrogen and oxygen atoms in total. The zero-order valence-electron chi connectivity index (χ0n) is 5.02. The largest absolute Gasteiger partial charge is 0.295 e. The molecule has 0 aliphatic carbocycles. The number of nitrogens with one attached hydrogen (secondary N) is 2. The predicted octanol–water partition coefficient (Wildman–Crippen LogP) is 0.216. The molecule has 0 aromatic rings. The summed E-state index contributed by atoms with van der Waals surface area (Å²) in [5, 5.41) is 8.36. The summed E-state index contributed by atoms with van der Waals surface area (Å²) >= 11 is 0. The molecule has 0 saturated carbocycles. The first-order chi connectivity index (χ1) is 3.85. The topological polar surface area (TPSA) is 39.1 Å². The lowest BCUT2D eigenvalue weighted by Crippen LogP contribution is -2.33. The van der Waals surface area contributed by atoms with E-state index in [9.17, 15) is 0 Å². The van der Waals surface area contributed by atoms with Crippen LogP contribution in [0.3, 0.4) is 0 Å². The van der Waals surface area contributed by atoms with Gasteiger partial charge in [0.15, 0.2) is 0 Å². The Morgan fingerprint density at radius 2 is 2.50 bits per heavy atom. The van der Waals surface area contributed by atoms with Crippen LogP contribution in [0.2, 0.25) is 0 Å². The van der Waals surface area contributed by atoms with E-state index in [1.165, 1.54) is 6.34 Å². The van der Waals surface area contributed by atoms with Gasteiger partial charge < -0.3 is 0 Å². The van der Waals surface area contributed by atoms with E-state index < -0.39 is 0 Å². The Bertz CT molecular complexity index is 79.7. The molecule has 0 heterocycles. The smallest absolute Gasteiger partial charge is 0.0963 e. The zero-order valence-corrected chi connectivity index (χ0v) is 5.02. The lowest BCUT2D eigenvalue weighted by atomic mass is 10.6. The Morgan fingerprint density at radius 1 is 1.88 bits per heavy atom. The van der Waals surface area contributed by atoms with Gasteiger partial charge in [-0.1, -0.05) is 6.08 Å². The molecule has 0 atom stereocenters. The second-order valence-corrected chi connectivity index (χ2v) is 1.29. The fourth-order valence-electron chi connectivity index (χ4n) is 0.348. The van der Waals surface area contributed by atoms with Gasteiger partial charge in [-0.3, -0.25) is 10.4 Å². The van der Waals surface area contributed by atoms with Crippen molar-refractivity contribution in [2.75, 3.05) is 13.6 Å². The fraction of sp³-hybridized carbons (Fsp3) is 0.400. The maximum absolute atomic E-state index is 6.75. The van der Waals surface area contributed by atoms with Gasteiger partial charge in [0.1, 0.15) is 0 Å². The Morgan fingerprint density at radius 3 is 2.62 bits per heavy atom. The van der Waals surface area contributed by atoms with Crippen molar-refractivity contribution in [3.63, 3.8) is 0 Å². The minimum Gasteiger partial charge on any atom is -0.295 e. The molecule has 8 heavy (non-hydrogen) atoms. The molecule has 0 aromatic carbocycles. The summed E-state index contributed by atoms with van der Waals surface area (Å²) < 4.78 is 0. The van der Waals surface area contributed by atoms with Crippen LogP contribution in [0, 0.1) is 5.41 Å². The summed E-state index contributed by atoms with van der Waals surface area (Å²) in [6.07, 6.45) is 2.93. The Labute approximate surface area is 49.5 Å². The summed E-state index contributed by atoms with van der Waals surface area (Å²) in [4.78, 5) is 0. The molecule has 0 saturated heterocycles. The van der Waals surface area contributed by atoms with Crippen molar-refractivity contribution >= 4 is 6.34 Å². The highest BCUT2D eigenvalue weighted by Gasteiger charge is 1.85. The van der Waals surface area contributed by atoms with Gasteiger partial charge in [0.05, 0.1) is 12.9 Å². The molecule has 0 aliphatic rings. The molecule has 3 heteroatoms. The van der Waals surface area contributed by atoms with E-state index in [0.717, 1.165) is 0 Å². The predicted molar refractivity (Wildman–Crippen MR) is 34.7 cm³/mol. The van der Waals surface area contributed by atoms with Gasteiger partial charge in [0.2, 0.25) is 0 Å². The van der Waals surface area contributed by atoms with Crippen LogP contribution >= 0.6 is 0 Å². The van der Waals surface area contributed by atoms with E-state index >= 15 is 0 Å². The van der Waals surface area contributed by atoms with Crippen molar-refractivity contribution in [1.82, 2.24) is 10.4 Å². The Balaban J connectivity index is 3.35. The first kappa shape index (κ1) is 7.17. The molecular formula is C5H11N3. The first-order valence-corrected chi connectivity index (χ1v) is 2.40. The molecular weight excluding hydrogens is 102 g/mol. The van der Waals surface area contributed by atoms with Gasteiger partial charge in [-0.05, 0) is 0 Å². The van der Waals surface area contributed by atoms with Gasteiger partial charge in [0, 0.05) is 7.05 Å². The average Bonchev–Trinajstić information content (AvgIpc) is 1.83. The number of hydrogen-bond donors (Lipinski definition) is 2. The van der Waals surface area contributed by atoms with Crippen molar-refractivity contribution in [1.29, 1.82) is 5.41 Å². The summed E-state index contributed by atoms with van der Waals surface area (Å²) in [5.74, 6) is 0. The van der Waals surface area contributed by atoms with Crippen LogP contribution in [-0.2, 0) is 0 Å². The molecule has 2 N–H and O–H groups in total. The highest BCUT2D eigenvalue weighted by molar-refractivity contribution is 5.49. The average molecular weight is 113 g/mol. The summed E-state index contributed by atoms with van der Waals surface area (Å²) in [5.41, 5.74) is 2.77. The molecule has 0 bridgehead atoms. The molecule has 0 radical (unpaired) electrons. The molecule has 0 spiro atoms. The van der Waals surface area contributed by atoms with Crippen LogP contribution in [-0.4, -0.2) is 24.9 Å². The zero-order chi connectivity index (χ0) is 6.41. The molecule has 0 aromatic heterocycles. The van der Waals surface area contributed by atoms with E-state index in [0.29, 0.717) is 6.54 Å². The second kappa shape index (κ2) is 4.33. The van der Waals surface area contributed by atoms with E-state index in [2.05, 4.69) is 12.0 Å². The first-order valence-electron chi connectivity index (χ1n) is 2.40. The van der Waals surface area contributed by atoms with E-state index in [-0.39, 0.29) is 0 Å². The molecule has 0 aliphatic heterocycles. The van der Waals surface area contributed by atoms with Crippen molar-refractivity contribution < 1.29 is 0 Å². The number of rotatable bonds is 4. The lowest BCUT2D eigenvalue weighted by Gasteiger charge is -2.13.